The van der Waals surface area contributed by atoms with E-state index < -0.39 is 20.0 Å². The Morgan fingerprint density at radius 1 is 0.467 bits per heavy atom. The number of carbonyl (C=O) groups is 2. The van der Waals surface area contributed by atoms with Gasteiger partial charge in [-0.25, -0.2) is 4.57 Å². The van der Waals surface area contributed by atoms with E-state index in [1.165, 1.54) is 128 Å². The number of allylic oxidation sites excluding steroid dienone is 11. The molecule has 0 aromatic rings. The zero-order chi connectivity index (χ0) is 55.0. The summed E-state index contributed by atoms with van der Waals surface area (Å²) in [5.41, 5.74) is 0. The first kappa shape index (κ1) is 72.5. The third kappa shape index (κ3) is 56.0. The molecule has 0 aromatic heterocycles. The molecule has 0 radical (unpaired) electrons. The lowest BCUT2D eigenvalue weighted by Crippen LogP contribution is -2.47. The van der Waals surface area contributed by atoms with Crippen LogP contribution in [0.1, 0.15) is 278 Å². The Hall–Kier alpha value is -2.55. The predicted molar refractivity (Wildman–Crippen MR) is 323 cm³/mol. The van der Waals surface area contributed by atoms with E-state index in [-0.39, 0.29) is 31.5 Å². The Kier molecular flexibility index (Phi) is 52.9. The van der Waals surface area contributed by atoms with Gasteiger partial charge in [-0.05, 0) is 96.0 Å². The van der Waals surface area contributed by atoms with Crippen LogP contribution in [0.25, 0.3) is 0 Å². The summed E-state index contributed by atoms with van der Waals surface area (Å²) >= 11 is 0. The van der Waals surface area contributed by atoms with Crippen LogP contribution in [0, 0.1) is 0 Å². The van der Waals surface area contributed by atoms with Crippen LogP contribution in [-0.2, 0) is 27.9 Å². The van der Waals surface area contributed by atoms with Gasteiger partial charge in [0.25, 0.3) is 0 Å². The summed E-state index contributed by atoms with van der Waals surface area (Å²) in [6.07, 6.45) is 70.4. The highest BCUT2D eigenvalue weighted by Crippen LogP contribution is 2.43. The average molecular weight is 1070 g/mol. The van der Waals surface area contributed by atoms with Crippen molar-refractivity contribution < 1.29 is 37.3 Å². The number of ether oxygens (including phenoxy) is 1. The molecule has 0 aliphatic heterocycles. The van der Waals surface area contributed by atoms with Crippen molar-refractivity contribution in [2.75, 3.05) is 40.9 Å². The molecular formula is C65H120N2O7P+. The standard InChI is InChI=1S/C65H119N2O7P/c1-7-10-13-16-19-22-25-27-28-29-30-31-32-33-34-35-36-37-38-40-43-46-49-52-55-58-65(69)74-63(56-53-50-47-44-42-39-26-23-20-17-14-11-8-2)62(61-73-75(70,71)72-60-59-67(4,5)6)66-64(68)57-54-51-48-45-41-24-21-18-15-12-9-3/h18-19,21-22,27-28,30-31,33-34,53,56,62-63H,7-17,20,23-26,29,32,35-52,54-55,57-61H2,1-6H3,(H-,66,68,70,71)/p+1/b21-18-,22-19-,28-27-,31-30-,34-33-,56-53-. The van der Waals surface area contributed by atoms with Crippen molar-refractivity contribution in [1.82, 2.24) is 5.32 Å². The van der Waals surface area contributed by atoms with E-state index in [9.17, 15) is 19.0 Å². The van der Waals surface area contributed by atoms with E-state index in [1.807, 2.05) is 33.3 Å². The lowest BCUT2D eigenvalue weighted by Gasteiger charge is -2.27. The van der Waals surface area contributed by atoms with Crippen LogP contribution in [-0.4, -0.2) is 74.3 Å². The molecule has 0 aliphatic carbocycles. The van der Waals surface area contributed by atoms with Gasteiger partial charge in [-0.1, -0.05) is 242 Å². The van der Waals surface area contributed by atoms with Crippen LogP contribution in [0.3, 0.4) is 0 Å². The summed E-state index contributed by atoms with van der Waals surface area (Å²) in [6.45, 7) is 6.94. The molecule has 3 atom stereocenters. The van der Waals surface area contributed by atoms with Gasteiger partial charge >= 0.3 is 13.8 Å². The molecule has 436 valence electrons. The molecule has 0 fully saturated rings. The second-order valence-corrected chi connectivity index (χ2v) is 23.7. The summed E-state index contributed by atoms with van der Waals surface area (Å²) in [5, 5.41) is 3.04. The lowest BCUT2D eigenvalue weighted by atomic mass is 10.0. The van der Waals surface area contributed by atoms with E-state index in [0.717, 1.165) is 116 Å². The predicted octanol–water partition coefficient (Wildman–Crippen LogP) is 19.2. The molecule has 0 rings (SSSR count). The van der Waals surface area contributed by atoms with E-state index in [4.69, 9.17) is 13.8 Å². The number of phosphoric ester groups is 1. The average Bonchev–Trinajstić information content (AvgIpc) is 3.37. The van der Waals surface area contributed by atoms with Gasteiger partial charge in [0.1, 0.15) is 19.3 Å². The summed E-state index contributed by atoms with van der Waals surface area (Å²) in [5.74, 6) is -0.521. The number of rotatable bonds is 56. The maximum atomic E-state index is 13.5. The van der Waals surface area contributed by atoms with Crippen molar-refractivity contribution in [3.8, 4) is 0 Å². The summed E-state index contributed by atoms with van der Waals surface area (Å²) < 4.78 is 30.7. The van der Waals surface area contributed by atoms with Crippen molar-refractivity contribution >= 4 is 19.7 Å². The molecule has 0 aromatic carbocycles. The fourth-order valence-corrected chi connectivity index (χ4v) is 9.46. The number of quaternary nitrogens is 1. The number of hydrogen-bond acceptors (Lipinski definition) is 6. The number of unbranched alkanes of at least 4 members (excludes halogenated alkanes) is 30. The number of hydrogen-bond donors (Lipinski definition) is 2. The van der Waals surface area contributed by atoms with Crippen molar-refractivity contribution in [2.24, 2.45) is 0 Å². The van der Waals surface area contributed by atoms with Crippen molar-refractivity contribution in [3.05, 3.63) is 72.9 Å². The molecule has 2 N–H and O–H groups in total. The zero-order valence-electron chi connectivity index (χ0n) is 49.8. The van der Waals surface area contributed by atoms with Crippen LogP contribution in [0.5, 0.6) is 0 Å². The molecule has 0 bridgehead atoms. The Bertz CT molecular complexity index is 1510. The fraction of sp³-hybridized carbons (Fsp3) is 0.785. The molecular weight excluding hydrogens is 952 g/mol. The quantitative estimate of drug-likeness (QED) is 0.0205. The third-order valence-electron chi connectivity index (χ3n) is 13.6. The number of nitrogens with one attached hydrogen (secondary N) is 1. The van der Waals surface area contributed by atoms with Crippen LogP contribution >= 0.6 is 7.82 Å². The Labute approximate surface area is 463 Å². The third-order valence-corrected chi connectivity index (χ3v) is 14.6. The molecule has 0 heterocycles. The Balaban J connectivity index is 5.15. The highest BCUT2D eigenvalue weighted by atomic mass is 31.2. The van der Waals surface area contributed by atoms with Gasteiger partial charge in [-0.3, -0.25) is 18.6 Å². The molecule has 0 spiro atoms. The first-order chi connectivity index (χ1) is 36.4. The maximum absolute atomic E-state index is 13.5. The summed E-state index contributed by atoms with van der Waals surface area (Å²) in [6, 6.07) is -0.856. The van der Waals surface area contributed by atoms with Crippen molar-refractivity contribution in [2.45, 2.75) is 290 Å². The molecule has 9 nitrogen and oxygen atoms in total. The Morgan fingerprint density at radius 2 is 0.827 bits per heavy atom. The minimum absolute atomic E-state index is 0.0358. The first-order valence-corrected chi connectivity index (χ1v) is 32.8. The largest absolute Gasteiger partial charge is 0.472 e. The van der Waals surface area contributed by atoms with Gasteiger partial charge in [-0.15, -0.1) is 0 Å². The van der Waals surface area contributed by atoms with Crippen LogP contribution < -0.4 is 5.32 Å². The van der Waals surface area contributed by atoms with Gasteiger partial charge in [0.05, 0.1) is 33.8 Å². The van der Waals surface area contributed by atoms with Gasteiger partial charge in [-0.2, -0.15) is 0 Å². The first-order valence-electron chi connectivity index (χ1n) is 31.3. The van der Waals surface area contributed by atoms with Gasteiger partial charge in [0.2, 0.25) is 5.91 Å². The molecule has 1 amide bonds. The minimum Gasteiger partial charge on any atom is -0.456 e. The summed E-state index contributed by atoms with van der Waals surface area (Å²) in [4.78, 5) is 37.6. The smallest absolute Gasteiger partial charge is 0.456 e. The van der Waals surface area contributed by atoms with Gasteiger partial charge in [0, 0.05) is 12.8 Å². The number of carbonyl (C=O) groups excluding carboxylic acids is 2. The fourth-order valence-electron chi connectivity index (χ4n) is 8.73. The number of phosphoric acid groups is 1. The SMILES string of the molecule is CCCC/C=C\CCCCCCCC(=O)NC(COP(=O)(O)OCC[N+](C)(C)C)C(/C=C\CCCCCCCCCCCCC)OC(=O)CCCCCCCCCCC/C=C\C/C=C\C/C=C\C/C=C\CCCCC. The minimum atomic E-state index is -4.45. The van der Waals surface area contributed by atoms with Crippen LogP contribution in [0.15, 0.2) is 72.9 Å². The van der Waals surface area contributed by atoms with E-state index in [0.29, 0.717) is 17.4 Å². The van der Waals surface area contributed by atoms with Crippen LogP contribution in [0.2, 0.25) is 0 Å². The second-order valence-electron chi connectivity index (χ2n) is 22.2. The highest BCUT2D eigenvalue weighted by molar-refractivity contribution is 7.47. The number of esters is 1. The van der Waals surface area contributed by atoms with E-state index in [1.54, 1.807) is 0 Å². The number of likely N-dealkylation sites (N-methyl/N-ethyl adjacent to an activating group) is 1. The number of amides is 1. The van der Waals surface area contributed by atoms with Gasteiger partial charge in [0.15, 0.2) is 0 Å². The van der Waals surface area contributed by atoms with Crippen molar-refractivity contribution in [1.29, 1.82) is 0 Å². The van der Waals surface area contributed by atoms with Crippen LogP contribution in [0.4, 0.5) is 0 Å². The topological polar surface area (TPSA) is 111 Å². The molecule has 3 unspecified atom stereocenters. The second kappa shape index (κ2) is 54.8. The zero-order valence-corrected chi connectivity index (χ0v) is 50.7. The molecule has 75 heavy (non-hydrogen) atoms. The molecule has 0 saturated carbocycles. The normalized spacial score (nSPS) is 14.2. The molecule has 0 saturated heterocycles. The van der Waals surface area contributed by atoms with E-state index >= 15 is 0 Å². The Morgan fingerprint density at radius 3 is 1.29 bits per heavy atom. The van der Waals surface area contributed by atoms with Gasteiger partial charge < -0.3 is 19.4 Å². The maximum Gasteiger partial charge on any atom is 0.472 e. The lowest BCUT2D eigenvalue weighted by molar-refractivity contribution is -0.870. The molecule has 10 heteroatoms. The highest BCUT2D eigenvalue weighted by Gasteiger charge is 2.30. The number of nitrogens with zero attached hydrogens (tertiary/aromatic N) is 1. The summed E-state index contributed by atoms with van der Waals surface area (Å²) in [7, 11) is 1.48. The monoisotopic (exact) mass is 1070 g/mol. The molecule has 0 aliphatic rings. The van der Waals surface area contributed by atoms with Crippen molar-refractivity contribution in [3.63, 3.8) is 0 Å². The van der Waals surface area contributed by atoms with E-state index in [2.05, 4.69) is 86.8 Å².